The normalized spacial score (nSPS) is 11.4. The van der Waals surface area contributed by atoms with E-state index in [1.54, 1.807) is 66.7 Å². The maximum absolute atomic E-state index is 13.7. The van der Waals surface area contributed by atoms with E-state index in [1.807, 2.05) is 42.5 Å². The van der Waals surface area contributed by atoms with Crippen LogP contribution in [0.2, 0.25) is 0 Å². The van der Waals surface area contributed by atoms with Crippen LogP contribution >= 0.6 is 0 Å². The molecule has 0 radical (unpaired) electrons. The van der Waals surface area contributed by atoms with Crippen molar-refractivity contribution in [3.63, 3.8) is 0 Å². The Hall–Kier alpha value is -4.16. The highest BCUT2D eigenvalue weighted by Gasteiger charge is 2.24. The molecule has 0 atom stereocenters. The summed E-state index contributed by atoms with van der Waals surface area (Å²) in [5.41, 5.74) is 3.31. The molecule has 5 nitrogen and oxygen atoms in total. The van der Waals surface area contributed by atoms with Crippen molar-refractivity contribution < 1.29 is 17.9 Å². The number of ether oxygens (including phenoxy) is 1. The highest BCUT2D eigenvalue weighted by molar-refractivity contribution is 7.90. The number of carbonyl (C=O) groups excluding carboxylic acids is 1. The average Bonchev–Trinajstić information content (AvgIpc) is 3.28. The van der Waals surface area contributed by atoms with Crippen LogP contribution in [-0.4, -0.2) is 18.7 Å². The number of fused-ring (bicyclic) bond motifs is 1. The van der Waals surface area contributed by atoms with Gasteiger partial charge in [-0.15, -0.1) is 0 Å². The molecule has 6 heteroatoms. The molecule has 1 heterocycles. The van der Waals surface area contributed by atoms with E-state index >= 15 is 0 Å². The van der Waals surface area contributed by atoms with Crippen LogP contribution in [0.15, 0.2) is 114 Å². The van der Waals surface area contributed by atoms with Crippen molar-refractivity contribution in [2.45, 2.75) is 11.5 Å². The average molecular weight is 468 g/mol. The molecule has 1 aromatic heterocycles. The number of aldehydes is 1. The van der Waals surface area contributed by atoms with Crippen molar-refractivity contribution in [3.8, 4) is 17.0 Å². The first kappa shape index (κ1) is 21.7. The van der Waals surface area contributed by atoms with Gasteiger partial charge in [0.15, 0.2) is 0 Å². The third-order valence-electron chi connectivity index (χ3n) is 5.60. The van der Waals surface area contributed by atoms with Gasteiger partial charge in [-0.05, 0) is 47.5 Å². The molecule has 0 saturated heterocycles. The van der Waals surface area contributed by atoms with Gasteiger partial charge in [-0.1, -0.05) is 72.8 Å². The van der Waals surface area contributed by atoms with Crippen molar-refractivity contribution in [1.29, 1.82) is 0 Å². The Morgan fingerprint density at radius 1 is 0.765 bits per heavy atom. The summed E-state index contributed by atoms with van der Waals surface area (Å²) in [6, 6.07) is 32.3. The predicted octanol–water partition coefficient (Wildman–Crippen LogP) is 5.94. The molecule has 0 aliphatic rings. The quantitative estimate of drug-likeness (QED) is 0.278. The Morgan fingerprint density at radius 2 is 1.44 bits per heavy atom. The van der Waals surface area contributed by atoms with Crippen molar-refractivity contribution in [2.75, 3.05) is 0 Å². The number of benzene rings is 4. The molecular formula is C28H21NO4S. The van der Waals surface area contributed by atoms with Crippen LogP contribution in [0, 0.1) is 0 Å². The Labute approximate surface area is 197 Å². The Morgan fingerprint density at radius 3 is 2.12 bits per heavy atom. The second-order valence-corrected chi connectivity index (χ2v) is 9.63. The van der Waals surface area contributed by atoms with Crippen molar-refractivity contribution in [1.82, 2.24) is 3.97 Å². The summed E-state index contributed by atoms with van der Waals surface area (Å²) in [6.07, 6.45) is 0.760. The molecule has 0 fully saturated rings. The zero-order valence-corrected chi connectivity index (χ0v) is 19.0. The van der Waals surface area contributed by atoms with Gasteiger partial charge in [0.2, 0.25) is 0 Å². The summed E-state index contributed by atoms with van der Waals surface area (Å²) in [5.74, 6) is 0.647. The molecule has 0 N–H and O–H groups in total. The molecule has 4 aromatic carbocycles. The summed E-state index contributed by atoms with van der Waals surface area (Å²) in [5, 5.41) is 0.736. The van der Waals surface area contributed by atoms with Gasteiger partial charge >= 0.3 is 0 Å². The molecule has 0 unspecified atom stereocenters. The molecule has 5 aromatic rings. The largest absolute Gasteiger partial charge is 0.489 e. The van der Waals surface area contributed by atoms with E-state index in [4.69, 9.17) is 4.74 Å². The van der Waals surface area contributed by atoms with Gasteiger partial charge in [0.25, 0.3) is 10.0 Å². The predicted molar refractivity (Wildman–Crippen MR) is 133 cm³/mol. The minimum absolute atomic E-state index is 0.197. The molecule has 34 heavy (non-hydrogen) atoms. The second kappa shape index (κ2) is 9.00. The van der Waals surface area contributed by atoms with Crippen LogP contribution in [0.3, 0.4) is 0 Å². The monoisotopic (exact) mass is 467 g/mol. The molecule has 5 rings (SSSR count). The molecule has 168 valence electrons. The highest BCUT2D eigenvalue weighted by Crippen LogP contribution is 2.34. The lowest BCUT2D eigenvalue weighted by Crippen LogP contribution is -2.14. The topological polar surface area (TPSA) is 65.4 Å². The first-order chi connectivity index (χ1) is 16.6. The van der Waals surface area contributed by atoms with Crippen molar-refractivity contribution >= 4 is 27.2 Å². The van der Waals surface area contributed by atoms with Crippen LogP contribution in [-0.2, 0) is 16.6 Å². The van der Waals surface area contributed by atoms with Crippen LogP contribution in [0.5, 0.6) is 5.75 Å². The van der Waals surface area contributed by atoms with Crippen molar-refractivity contribution in [3.05, 3.63) is 120 Å². The van der Waals surface area contributed by atoms with Crippen LogP contribution in [0.1, 0.15) is 15.9 Å². The maximum Gasteiger partial charge on any atom is 0.268 e. The number of carbonyl (C=O) groups is 1. The van der Waals surface area contributed by atoms with E-state index in [-0.39, 0.29) is 4.90 Å². The van der Waals surface area contributed by atoms with Gasteiger partial charge in [0, 0.05) is 10.9 Å². The van der Waals surface area contributed by atoms with Crippen LogP contribution in [0.4, 0.5) is 0 Å². The Bertz CT molecular complexity index is 1560. The molecule has 0 bridgehead atoms. The standard InChI is InChI=1S/C28H21NO4S/c30-19-21-11-13-23(14-12-21)28-18-24-17-25(33-20-22-7-3-1-4-8-22)15-16-27(24)29(28)34(31,32)26-9-5-2-6-10-26/h1-19H,20H2. The third kappa shape index (κ3) is 4.11. The van der Waals surface area contributed by atoms with E-state index in [2.05, 4.69) is 0 Å². The third-order valence-corrected chi connectivity index (χ3v) is 7.34. The molecule has 0 aliphatic carbocycles. The fourth-order valence-corrected chi connectivity index (χ4v) is 5.44. The van der Waals surface area contributed by atoms with Gasteiger partial charge in [0.05, 0.1) is 16.1 Å². The summed E-state index contributed by atoms with van der Waals surface area (Å²) in [4.78, 5) is 11.3. The first-order valence-electron chi connectivity index (χ1n) is 10.7. The van der Waals surface area contributed by atoms with Crippen molar-refractivity contribution in [2.24, 2.45) is 0 Å². The minimum Gasteiger partial charge on any atom is -0.489 e. The number of nitrogens with zero attached hydrogens (tertiary/aromatic N) is 1. The summed E-state index contributed by atoms with van der Waals surface area (Å²) >= 11 is 0. The van der Waals surface area contributed by atoms with E-state index in [9.17, 15) is 13.2 Å². The lowest BCUT2D eigenvalue weighted by Gasteiger charge is -2.13. The minimum atomic E-state index is -3.88. The van der Waals surface area contributed by atoms with Gasteiger partial charge < -0.3 is 4.74 Å². The Kier molecular flexibility index (Phi) is 5.74. The van der Waals surface area contributed by atoms with Gasteiger partial charge in [-0.2, -0.15) is 0 Å². The fraction of sp³-hybridized carbons (Fsp3) is 0.0357. The SMILES string of the molecule is O=Cc1ccc(-c2cc3cc(OCc4ccccc4)ccc3n2S(=O)(=O)c2ccccc2)cc1. The smallest absolute Gasteiger partial charge is 0.268 e. The van der Waals surface area contributed by atoms with E-state index in [1.165, 1.54) is 3.97 Å². The number of hydrogen-bond donors (Lipinski definition) is 0. The van der Waals surface area contributed by atoms with Gasteiger partial charge in [0.1, 0.15) is 18.6 Å². The summed E-state index contributed by atoms with van der Waals surface area (Å²) in [6.45, 7) is 0.412. The van der Waals surface area contributed by atoms with Crippen LogP contribution < -0.4 is 4.74 Å². The fourth-order valence-electron chi connectivity index (χ4n) is 3.89. The zero-order valence-electron chi connectivity index (χ0n) is 18.2. The van der Waals surface area contributed by atoms with E-state index < -0.39 is 10.0 Å². The highest BCUT2D eigenvalue weighted by atomic mass is 32.2. The molecular weight excluding hydrogens is 446 g/mol. The maximum atomic E-state index is 13.7. The van der Waals surface area contributed by atoms with Gasteiger partial charge in [-0.3, -0.25) is 4.79 Å². The molecule has 0 amide bonds. The van der Waals surface area contributed by atoms with Gasteiger partial charge in [-0.25, -0.2) is 12.4 Å². The number of aromatic nitrogens is 1. The molecule has 0 saturated carbocycles. The number of rotatable bonds is 7. The van der Waals surface area contributed by atoms with E-state index in [0.717, 1.165) is 17.2 Å². The summed E-state index contributed by atoms with van der Waals surface area (Å²) < 4.78 is 34.7. The number of hydrogen-bond acceptors (Lipinski definition) is 4. The first-order valence-corrected chi connectivity index (χ1v) is 12.2. The second-order valence-electron chi connectivity index (χ2n) is 7.85. The summed E-state index contributed by atoms with van der Waals surface area (Å²) in [7, 11) is -3.88. The van der Waals surface area contributed by atoms with Crippen LogP contribution in [0.25, 0.3) is 22.2 Å². The lowest BCUT2D eigenvalue weighted by molar-refractivity contribution is 0.112. The molecule has 0 spiro atoms. The lowest BCUT2D eigenvalue weighted by atomic mass is 10.1. The molecule has 0 aliphatic heterocycles. The zero-order chi connectivity index (χ0) is 23.5. The van der Waals surface area contributed by atoms with E-state index in [0.29, 0.717) is 34.7 Å². The Balaban J connectivity index is 1.63.